The second-order valence-electron chi connectivity index (χ2n) is 9.33. The lowest BCUT2D eigenvalue weighted by Crippen LogP contribution is -2.33. The molecular weight excluding hydrogens is 414 g/mol. The van der Waals surface area contributed by atoms with Crippen molar-refractivity contribution in [3.05, 3.63) is 137 Å². The van der Waals surface area contributed by atoms with Gasteiger partial charge in [-0.15, -0.1) is 0 Å². The zero-order valence-electron chi connectivity index (χ0n) is 19.8. The quantitative estimate of drug-likeness (QED) is 0.341. The Bertz CT molecular complexity index is 1250. The zero-order valence-corrected chi connectivity index (χ0v) is 19.8. The van der Waals surface area contributed by atoms with Crippen molar-refractivity contribution in [1.29, 1.82) is 0 Å². The molecule has 34 heavy (non-hydrogen) atoms. The lowest BCUT2D eigenvalue weighted by molar-refractivity contribution is -0.119. The summed E-state index contributed by atoms with van der Waals surface area (Å²) in [4.78, 5) is 15.9. The van der Waals surface area contributed by atoms with E-state index in [1.54, 1.807) is 0 Å². The van der Waals surface area contributed by atoms with E-state index < -0.39 is 0 Å². The van der Waals surface area contributed by atoms with Crippen molar-refractivity contribution in [2.45, 2.75) is 38.0 Å². The first-order valence-corrected chi connectivity index (χ1v) is 12.2. The third kappa shape index (κ3) is 4.97. The van der Waals surface area contributed by atoms with E-state index in [0.717, 1.165) is 36.9 Å². The van der Waals surface area contributed by atoms with Gasteiger partial charge < -0.3 is 4.90 Å². The highest BCUT2D eigenvalue weighted by Gasteiger charge is 2.26. The molecule has 0 aromatic heterocycles. The smallest absolute Gasteiger partial charge is 0.234 e. The molecule has 4 aliphatic carbocycles. The van der Waals surface area contributed by atoms with Crippen LogP contribution >= 0.6 is 0 Å². The van der Waals surface area contributed by atoms with Crippen LogP contribution in [-0.4, -0.2) is 13.0 Å². The summed E-state index contributed by atoms with van der Waals surface area (Å²) in [5, 5.41) is 0. The average molecular weight is 446 g/mol. The highest BCUT2D eigenvalue weighted by Crippen LogP contribution is 2.30. The molecule has 4 aromatic carbocycles. The maximum absolute atomic E-state index is 14.0. The molecule has 4 aromatic rings. The molecule has 0 aliphatic heterocycles. The maximum atomic E-state index is 14.0. The summed E-state index contributed by atoms with van der Waals surface area (Å²) < 4.78 is 0. The fourth-order valence-corrected chi connectivity index (χ4v) is 4.96. The van der Waals surface area contributed by atoms with Crippen LogP contribution in [0.2, 0.25) is 0 Å². The van der Waals surface area contributed by atoms with Gasteiger partial charge in [0, 0.05) is 12.7 Å². The number of amides is 1. The predicted octanol–water partition coefficient (Wildman–Crippen LogP) is 6.56. The Kier molecular flexibility index (Phi) is 6.58. The molecule has 1 amide bonds. The molecule has 8 rings (SSSR count). The molecule has 0 heterocycles. The van der Waals surface area contributed by atoms with E-state index in [-0.39, 0.29) is 11.8 Å². The normalized spacial score (nSPS) is 13.7. The number of nitrogens with zero attached hydrogens (tertiary/aromatic N) is 1. The van der Waals surface area contributed by atoms with Crippen LogP contribution in [0, 0.1) is 0 Å². The van der Waals surface area contributed by atoms with Crippen molar-refractivity contribution < 1.29 is 4.79 Å². The van der Waals surface area contributed by atoms with Gasteiger partial charge in [0.05, 0.1) is 5.92 Å². The summed E-state index contributed by atoms with van der Waals surface area (Å²) in [6.45, 7) is 0. The number of carbonyl (C=O) groups excluding carboxylic acids is 1. The van der Waals surface area contributed by atoms with E-state index in [1.165, 1.54) is 27.8 Å². The number of hydrogen-bond acceptors (Lipinski definition) is 1. The number of benzene rings is 4. The Balaban J connectivity index is 1.48. The van der Waals surface area contributed by atoms with E-state index in [0.29, 0.717) is 6.42 Å². The van der Waals surface area contributed by atoms with Crippen LogP contribution in [0.25, 0.3) is 0 Å². The minimum absolute atomic E-state index is 0.142. The van der Waals surface area contributed by atoms with Crippen molar-refractivity contribution in [2.75, 3.05) is 11.9 Å². The summed E-state index contributed by atoms with van der Waals surface area (Å²) in [7, 11) is 1.95. The topological polar surface area (TPSA) is 20.3 Å². The Morgan fingerprint density at radius 1 is 0.706 bits per heavy atom. The third-order valence-electron chi connectivity index (χ3n) is 7.03. The fourth-order valence-electron chi connectivity index (χ4n) is 4.96. The Morgan fingerprint density at radius 3 is 1.94 bits per heavy atom. The number of likely N-dealkylation sites (N-methyl/N-ethyl adjacent to an activating group) is 1. The van der Waals surface area contributed by atoms with Crippen LogP contribution in [-0.2, 0) is 36.9 Å². The van der Waals surface area contributed by atoms with Gasteiger partial charge in [0.15, 0.2) is 0 Å². The van der Waals surface area contributed by atoms with Crippen LogP contribution < -0.4 is 4.90 Å². The molecule has 0 spiro atoms. The summed E-state index contributed by atoms with van der Waals surface area (Å²) in [5.74, 6) is -0.0836. The van der Waals surface area contributed by atoms with Crippen LogP contribution in [0.5, 0.6) is 0 Å². The zero-order chi connectivity index (χ0) is 23.3. The lowest BCUT2D eigenvalue weighted by atomic mass is 9.90. The molecule has 4 aliphatic rings. The Hall–Kier alpha value is -3.65. The minimum atomic E-state index is -0.226. The molecule has 0 saturated heterocycles. The van der Waals surface area contributed by atoms with E-state index in [9.17, 15) is 4.79 Å². The van der Waals surface area contributed by atoms with Gasteiger partial charge in [-0.3, -0.25) is 4.79 Å². The molecule has 0 saturated carbocycles. The van der Waals surface area contributed by atoms with Gasteiger partial charge in [0.25, 0.3) is 0 Å². The highest BCUT2D eigenvalue weighted by atomic mass is 16.2. The summed E-state index contributed by atoms with van der Waals surface area (Å²) in [6, 6.07) is 36.3. The SMILES string of the molecule is CN(C(=O)C(Cc1ccccc1)c1ccccc1)c1cc2ccc1CCc1ccc(cc1)CC2. The van der Waals surface area contributed by atoms with Crippen molar-refractivity contribution in [3.63, 3.8) is 0 Å². The second-order valence-corrected chi connectivity index (χ2v) is 9.33. The van der Waals surface area contributed by atoms with E-state index in [1.807, 2.05) is 48.3 Å². The van der Waals surface area contributed by atoms with Gasteiger partial charge in [-0.1, -0.05) is 97.1 Å². The maximum Gasteiger partial charge on any atom is 0.234 e. The van der Waals surface area contributed by atoms with Gasteiger partial charge in [0.2, 0.25) is 5.91 Å². The first kappa shape index (κ1) is 22.2. The fraction of sp³-hybridized carbons (Fsp3) is 0.219. The van der Waals surface area contributed by atoms with Crippen LogP contribution in [0.4, 0.5) is 5.69 Å². The second kappa shape index (κ2) is 10.1. The molecular formula is C32H31NO. The van der Waals surface area contributed by atoms with Crippen LogP contribution in [0.1, 0.15) is 39.3 Å². The number of carbonyl (C=O) groups is 1. The molecule has 1 unspecified atom stereocenters. The summed E-state index contributed by atoms with van der Waals surface area (Å²) in [5.41, 5.74) is 8.52. The molecule has 0 N–H and O–H groups in total. The van der Waals surface area contributed by atoms with Crippen LogP contribution in [0.15, 0.2) is 103 Å². The number of aryl methyl sites for hydroxylation is 4. The van der Waals surface area contributed by atoms with Gasteiger partial charge in [-0.25, -0.2) is 0 Å². The van der Waals surface area contributed by atoms with Gasteiger partial charge in [0.1, 0.15) is 0 Å². The molecule has 0 radical (unpaired) electrons. The number of rotatable bonds is 5. The Morgan fingerprint density at radius 2 is 1.26 bits per heavy atom. The lowest BCUT2D eigenvalue weighted by Gasteiger charge is -2.27. The third-order valence-corrected chi connectivity index (χ3v) is 7.03. The largest absolute Gasteiger partial charge is 0.315 e. The van der Waals surface area contributed by atoms with Crippen molar-refractivity contribution >= 4 is 11.6 Å². The predicted molar refractivity (Wildman–Crippen MR) is 140 cm³/mol. The van der Waals surface area contributed by atoms with Gasteiger partial charge in [-0.05, 0) is 71.6 Å². The molecule has 2 heteroatoms. The monoisotopic (exact) mass is 445 g/mol. The van der Waals surface area contributed by atoms with Crippen molar-refractivity contribution in [1.82, 2.24) is 0 Å². The molecule has 1 atom stereocenters. The first-order chi connectivity index (χ1) is 16.7. The highest BCUT2D eigenvalue weighted by molar-refractivity contribution is 5.98. The van der Waals surface area contributed by atoms with E-state index in [2.05, 4.69) is 66.7 Å². The standard InChI is InChI=1S/C32H31NO/c1-33(32(34)30(28-10-6-3-7-11-28)22-26-8-4-2-5-9-26)31-23-27-17-16-24-12-14-25(15-13-24)18-20-29(31)21-19-27/h2-15,19,21,23,30H,16-18,20,22H2,1H3. The van der Waals surface area contributed by atoms with Crippen molar-refractivity contribution in [3.8, 4) is 0 Å². The van der Waals surface area contributed by atoms with Crippen molar-refractivity contribution in [2.24, 2.45) is 0 Å². The number of hydrogen-bond donors (Lipinski definition) is 0. The minimum Gasteiger partial charge on any atom is -0.315 e. The molecule has 4 bridgehead atoms. The number of anilines is 1. The molecule has 170 valence electrons. The van der Waals surface area contributed by atoms with E-state index >= 15 is 0 Å². The average Bonchev–Trinajstić information content (AvgIpc) is 2.89. The van der Waals surface area contributed by atoms with Gasteiger partial charge in [-0.2, -0.15) is 0 Å². The first-order valence-electron chi connectivity index (χ1n) is 12.2. The van der Waals surface area contributed by atoms with Gasteiger partial charge >= 0.3 is 0 Å². The molecule has 2 nitrogen and oxygen atoms in total. The molecule has 0 fully saturated rings. The summed E-state index contributed by atoms with van der Waals surface area (Å²) in [6.07, 6.45) is 4.56. The van der Waals surface area contributed by atoms with Crippen LogP contribution in [0.3, 0.4) is 0 Å². The Labute approximate surface area is 202 Å². The summed E-state index contributed by atoms with van der Waals surface area (Å²) >= 11 is 0. The van der Waals surface area contributed by atoms with E-state index in [4.69, 9.17) is 0 Å².